The summed E-state index contributed by atoms with van der Waals surface area (Å²) in [6.07, 6.45) is 4.27. The summed E-state index contributed by atoms with van der Waals surface area (Å²) in [4.78, 5) is 10.0. The van der Waals surface area contributed by atoms with E-state index in [1.54, 1.807) is 0 Å². The monoisotopic (exact) mass is 256 g/mol. The molecule has 0 aromatic heterocycles. The van der Waals surface area contributed by atoms with E-state index in [0.29, 0.717) is 5.41 Å². The number of hydrogen-bond donors (Lipinski definition) is 0. The molecular weight excluding hydrogens is 238 g/mol. The van der Waals surface area contributed by atoms with Gasteiger partial charge in [0.15, 0.2) is 0 Å². The summed E-state index contributed by atoms with van der Waals surface area (Å²) in [5.74, 6) is -0.925. The topological polar surface area (TPSA) is 40.1 Å². The van der Waals surface area contributed by atoms with Crippen LogP contribution in [-0.4, -0.2) is 5.97 Å². The predicted octanol–water partition coefficient (Wildman–Crippen LogP) is -1.26. The van der Waals surface area contributed by atoms with Crippen molar-refractivity contribution < 1.29 is 68.1 Å². The van der Waals surface area contributed by atoms with Gasteiger partial charge in [-0.3, -0.25) is 0 Å². The fourth-order valence-corrected chi connectivity index (χ4v) is 1.10. The summed E-state index contributed by atoms with van der Waals surface area (Å²) in [5, 5.41) is 10.0. The van der Waals surface area contributed by atoms with Crippen molar-refractivity contribution in [3.8, 4) is 0 Å². The minimum absolute atomic E-state index is 0. The molecule has 13 heavy (non-hydrogen) atoms. The number of aliphatic carboxylic acids is 1. The van der Waals surface area contributed by atoms with E-state index >= 15 is 0 Å². The van der Waals surface area contributed by atoms with Crippen molar-refractivity contribution in [3.63, 3.8) is 0 Å². The summed E-state index contributed by atoms with van der Waals surface area (Å²) >= 11 is 0. The van der Waals surface area contributed by atoms with Crippen LogP contribution in [0.5, 0.6) is 0 Å². The van der Waals surface area contributed by atoms with E-state index in [1.807, 2.05) is 0 Å². The Bertz CT molecular complexity index is 138. The zero-order chi connectivity index (χ0) is 9.61. The van der Waals surface area contributed by atoms with Crippen LogP contribution < -0.4 is 63.3 Å². The normalized spacial score (nSPS) is 10.7. The van der Waals surface area contributed by atoms with Crippen molar-refractivity contribution in [1.29, 1.82) is 0 Å². The van der Waals surface area contributed by atoms with Crippen molar-refractivity contribution in [2.24, 2.45) is 5.41 Å². The number of carboxylic acids is 1. The molecule has 0 amide bonds. The number of carboxylic acid groups (broad SMARTS) is 1. The van der Waals surface area contributed by atoms with Gasteiger partial charge in [-0.05, 0) is 24.7 Å². The summed E-state index contributed by atoms with van der Waals surface area (Å²) in [7, 11) is 0. The molecule has 0 bridgehead atoms. The maximum atomic E-state index is 10.0. The molecule has 0 saturated carbocycles. The predicted molar refractivity (Wildman–Crippen MR) is 47.5 cm³/mol. The number of carbonyl (C=O) groups is 1. The molecular formula is C10H19O2Rb. The van der Waals surface area contributed by atoms with Crippen LogP contribution >= 0.6 is 0 Å². The van der Waals surface area contributed by atoms with Crippen molar-refractivity contribution in [3.05, 3.63) is 0 Å². The van der Waals surface area contributed by atoms with Crippen LogP contribution in [-0.2, 0) is 4.79 Å². The number of unbranched alkanes of at least 4 members (excludes halogenated alkanes) is 2. The fourth-order valence-electron chi connectivity index (χ4n) is 1.10. The first-order chi connectivity index (χ1) is 5.42. The van der Waals surface area contributed by atoms with E-state index in [0.717, 1.165) is 19.3 Å². The maximum absolute atomic E-state index is 10.0. The van der Waals surface area contributed by atoms with Crippen molar-refractivity contribution in [1.82, 2.24) is 0 Å². The Morgan fingerprint density at radius 3 is 2.08 bits per heavy atom. The van der Waals surface area contributed by atoms with Crippen LogP contribution in [0.4, 0.5) is 0 Å². The van der Waals surface area contributed by atoms with Crippen LogP contribution in [0.2, 0.25) is 0 Å². The molecule has 0 fully saturated rings. The Labute approximate surface area is 130 Å². The Morgan fingerprint density at radius 2 is 1.69 bits per heavy atom. The second-order valence-electron chi connectivity index (χ2n) is 4.49. The number of carbonyl (C=O) groups excluding carboxylic acids is 1. The van der Waals surface area contributed by atoms with Gasteiger partial charge < -0.3 is 9.90 Å². The van der Waals surface area contributed by atoms with Crippen LogP contribution in [0.3, 0.4) is 0 Å². The molecule has 0 aliphatic carbocycles. The quantitative estimate of drug-likeness (QED) is 0.576. The zero-order valence-corrected chi connectivity index (χ0v) is 14.3. The van der Waals surface area contributed by atoms with E-state index in [-0.39, 0.29) is 64.6 Å². The van der Waals surface area contributed by atoms with Crippen LogP contribution in [0.15, 0.2) is 0 Å². The molecule has 0 N–H and O–H groups in total. The van der Waals surface area contributed by atoms with Gasteiger partial charge >= 0.3 is 58.2 Å². The second-order valence-corrected chi connectivity index (χ2v) is 4.49. The van der Waals surface area contributed by atoms with Gasteiger partial charge in [-0.25, -0.2) is 0 Å². The molecule has 0 aromatic carbocycles. The van der Waals surface area contributed by atoms with Gasteiger partial charge in [0, 0.05) is 5.97 Å². The van der Waals surface area contributed by atoms with Gasteiger partial charge in [0.05, 0.1) is 0 Å². The van der Waals surface area contributed by atoms with E-state index in [4.69, 9.17) is 0 Å². The molecule has 0 heterocycles. The molecule has 0 saturated heterocycles. The van der Waals surface area contributed by atoms with Crippen molar-refractivity contribution in [2.45, 2.75) is 52.9 Å². The zero-order valence-electron chi connectivity index (χ0n) is 9.35. The molecule has 0 spiro atoms. The number of rotatable bonds is 5. The van der Waals surface area contributed by atoms with Crippen molar-refractivity contribution >= 4 is 5.97 Å². The van der Waals surface area contributed by atoms with E-state index < -0.39 is 5.97 Å². The first kappa shape index (κ1) is 16.7. The Morgan fingerprint density at radius 1 is 1.15 bits per heavy atom. The van der Waals surface area contributed by atoms with E-state index in [1.165, 1.54) is 6.42 Å². The average molecular weight is 257 g/mol. The Balaban J connectivity index is 0. The summed E-state index contributed by atoms with van der Waals surface area (Å²) in [6, 6.07) is 0. The second kappa shape index (κ2) is 8.57. The Hall–Kier alpha value is 1.28. The van der Waals surface area contributed by atoms with Gasteiger partial charge in [-0.15, -0.1) is 0 Å². The number of hydrogen-bond acceptors (Lipinski definition) is 2. The summed E-state index contributed by atoms with van der Waals surface area (Å²) in [6.45, 7) is 6.60. The third kappa shape index (κ3) is 16.0. The molecule has 0 rings (SSSR count). The minimum atomic E-state index is -0.925. The molecule has 72 valence electrons. The van der Waals surface area contributed by atoms with Gasteiger partial charge in [-0.2, -0.15) is 0 Å². The maximum Gasteiger partial charge on any atom is 1.00 e. The molecule has 2 nitrogen and oxygen atoms in total. The van der Waals surface area contributed by atoms with Crippen LogP contribution in [0.25, 0.3) is 0 Å². The fraction of sp³-hybridized carbons (Fsp3) is 0.900. The van der Waals surface area contributed by atoms with Gasteiger partial charge in [0.1, 0.15) is 0 Å². The summed E-state index contributed by atoms with van der Waals surface area (Å²) < 4.78 is 0. The van der Waals surface area contributed by atoms with Gasteiger partial charge in [0.25, 0.3) is 0 Å². The molecule has 0 aliphatic heterocycles. The summed E-state index contributed by atoms with van der Waals surface area (Å²) in [5.41, 5.74) is 0.376. The molecule has 3 heteroatoms. The smallest absolute Gasteiger partial charge is 0.550 e. The minimum Gasteiger partial charge on any atom is -0.550 e. The van der Waals surface area contributed by atoms with Gasteiger partial charge in [-0.1, -0.05) is 33.6 Å². The van der Waals surface area contributed by atoms with Gasteiger partial charge in [0.2, 0.25) is 0 Å². The van der Waals surface area contributed by atoms with Crippen LogP contribution in [0.1, 0.15) is 52.9 Å². The molecule has 0 aromatic rings. The standard InChI is InChI=1S/C10H20O2.Rb/c1-10(2,3)8-6-4-5-7-9(11)12;/h4-8H2,1-3H3,(H,11,12);/q;+1/p-1. The third-order valence-electron chi connectivity index (χ3n) is 1.81. The third-order valence-corrected chi connectivity index (χ3v) is 1.81. The molecule has 0 aliphatic rings. The largest absolute Gasteiger partial charge is 1.00 e. The molecule has 0 radical (unpaired) electrons. The molecule has 0 atom stereocenters. The SMILES string of the molecule is CC(C)(C)CCCCCC(=O)[O-].[Rb+]. The molecule has 0 unspecified atom stereocenters. The first-order valence-electron chi connectivity index (χ1n) is 4.62. The van der Waals surface area contributed by atoms with E-state index in [9.17, 15) is 9.90 Å². The average Bonchev–Trinajstić information content (AvgIpc) is 1.83. The van der Waals surface area contributed by atoms with Crippen molar-refractivity contribution in [2.75, 3.05) is 0 Å². The first-order valence-corrected chi connectivity index (χ1v) is 4.62. The van der Waals surface area contributed by atoms with E-state index in [2.05, 4.69) is 20.8 Å². The Kier molecular flexibility index (Phi) is 11.0. The van der Waals surface area contributed by atoms with Crippen LogP contribution in [0, 0.1) is 5.41 Å².